The topological polar surface area (TPSA) is 58.6 Å². The van der Waals surface area contributed by atoms with Crippen molar-refractivity contribution in [2.75, 3.05) is 0 Å². The minimum Gasteiger partial charge on any atom is -0.267 e. The molecule has 112 valence electrons. The lowest BCUT2D eigenvalue weighted by Crippen LogP contribution is -2.11. The lowest BCUT2D eigenvalue weighted by Gasteiger charge is -2.02. The molecule has 0 aliphatic rings. The van der Waals surface area contributed by atoms with Gasteiger partial charge in [-0.2, -0.15) is 5.10 Å². The van der Waals surface area contributed by atoms with E-state index in [1.165, 1.54) is 0 Å². The molecule has 0 atom stereocenters. The summed E-state index contributed by atoms with van der Waals surface area (Å²) in [6.07, 6.45) is 0.598. The van der Waals surface area contributed by atoms with Gasteiger partial charge in [0.1, 0.15) is 5.01 Å². The van der Waals surface area contributed by atoms with Crippen LogP contribution in [0.1, 0.15) is 11.4 Å². The number of thiazole rings is 1. The number of aromatic amines is 1. The Balaban J connectivity index is 1.71. The highest BCUT2D eigenvalue weighted by molar-refractivity contribution is 7.13. The Morgan fingerprint density at radius 1 is 0.957 bits per heavy atom. The normalized spacial score (nSPS) is 11.0. The molecule has 1 N–H and O–H groups in total. The second-order valence-corrected chi connectivity index (χ2v) is 6.09. The minimum absolute atomic E-state index is 0.160. The van der Waals surface area contributed by atoms with Gasteiger partial charge >= 0.3 is 0 Å². The number of benzene rings is 2. The average Bonchev–Trinajstić information content (AvgIpc) is 3.07. The Kier molecular flexibility index (Phi) is 3.48. The van der Waals surface area contributed by atoms with Crippen LogP contribution in [0.3, 0.4) is 0 Å². The second-order valence-electron chi connectivity index (χ2n) is 5.23. The first kappa shape index (κ1) is 13.8. The smallest absolute Gasteiger partial charge is 0.267 e. The zero-order valence-electron chi connectivity index (χ0n) is 12.2. The first-order valence-electron chi connectivity index (χ1n) is 7.27. The summed E-state index contributed by atoms with van der Waals surface area (Å²) in [5.74, 6) is 0. The van der Waals surface area contributed by atoms with E-state index in [9.17, 15) is 4.79 Å². The van der Waals surface area contributed by atoms with Crippen LogP contribution in [0.5, 0.6) is 0 Å². The van der Waals surface area contributed by atoms with Crippen molar-refractivity contribution in [3.05, 3.63) is 81.7 Å². The van der Waals surface area contributed by atoms with Gasteiger partial charge in [0.05, 0.1) is 16.8 Å². The standard InChI is InChI=1S/C18H13N3OS/c22-17-15-9-5-4-8-14(15)16(20-21-17)10-13-11-23-18(19-13)12-6-2-1-3-7-12/h1-9,11H,10H2,(H,21,22). The van der Waals surface area contributed by atoms with E-state index >= 15 is 0 Å². The zero-order chi connectivity index (χ0) is 15.6. The van der Waals surface area contributed by atoms with E-state index in [4.69, 9.17) is 4.98 Å². The summed E-state index contributed by atoms with van der Waals surface area (Å²) in [6, 6.07) is 17.6. The lowest BCUT2D eigenvalue weighted by molar-refractivity contribution is 0.923. The lowest BCUT2D eigenvalue weighted by atomic mass is 10.1. The molecule has 2 heterocycles. The number of H-pyrrole nitrogens is 1. The van der Waals surface area contributed by atoms with E-state index < -0.39 is 0 Å². The third-order valence-electron chi connectivity index (χ3n) is 3.70. The van der Waals surface area contributed by atoms with Crippen LogP contribution in [0.25, 0.3) is 21.3 Å². The fourth-order valence-electron chi connectivity index (χ4n) is 2.58. The molecular weight excluding hydrogens is 306 g/mol. The van der Waals surface area contributed by atoms with Gasteiger partial charge in [0, 0.05) is 22.8 Å². The van der Waals surface area contributed by atoms with Crippen LogP contribution in [0, 0.1) is 0 Å². The highest BCUT2D eigenvalue weighted by Crippen LogP contribution is 2.25. The summed E-state index contributed by atoms with van der Waals surface area (Å²) in [5.41, 5.74) is 2.75. The van der Waals surface area contributed by atoms with Crippen LogP contribution in [0.2, 0.25) is 0 Å². The van der Waals surface area contributed by atoms with Crippen molar-refractivity contribution in [3.63, 3.8) is 0 Å². The number of hydrogen-bond donors (Lipinski definition) is 1. The predicted octanol–water partition coefficient (Wildman–Crippen LogP) is 3.64. The molecule has 0 saturated carbocycles. The quantitative estimate of drug-likeness (QED) is 0.627. The molecular formula is C18H13N3OS. The SMILES string of the molecule is O=c1[nH]nc(Cc2csc(-c3ccccc3)n2)c2ccccc12. The monoisotopic (exact) mass is 319 g/mol. The summed E-state index contributed by atoms with van der Waals surface area (Å²) < 4.78 is 0. The molecule has 5 heteroatoms. The summed E-state index contributed by atoms with van der Waals surface area (Å²) in [4.78, 5) is 16.5. The summed E-state index contributed by atoms with van der Waals surface area (Å²) in [5, 5.41) is 11.4. The highest BCUT2D eigenvalue weighted by atomic mass is 32.1. The highest BCUT2D eigenvalue weighted by Gasteiger charge is 2.10. The van der Waals surface area contributed by atoms with Gasteiger partial charge in [0.15, 0.2) is 0 Å². The van der Waals surface area contributed by atoms with Gasteiger partial charge in [-0.05, 0) is 6.07 Å². The maximum absolute atomic E-state index is 11.8. The molecule has 23 heavy (non-hydrogen) atoms. The van der Waals surface area contributed by atoms with Crippen molar-refractivity contribution in [3.8, 4) is 10.6 Å². The molecule has 2 aromatic carbocycles. The third-order valence-corrected chi connectivity index (χ3v) is 4.64. The first-order chi connectivity index (χ1) is 11.3. The van der Waals surface area contributed by atoms with Crippen LogP contribution >= 0.6 is 11.3 Å². The number of fused-ring (bicyclic) bond motifs is 1. The Morgan fingerprint density at radius 3 is 2.52 bits per heavy atom. The Hall–Kier alpha value is -2.79. The largest absolute Gasteiger partial charge is 0.272 e. The van der Waals surface area contributed by atoms with E-state index in [1.54, 1.807) is 11.3 Å². The molecule has 4 aromatic rings. The molecule has 0 aliphatic carbocycles. The number of aromatic nitrogens is 3. The van der Waals surface area contributed by atoms with Gasteiger partial charge in [0.25, 0.3) is 5.56 Å². The van der Waals surface area contributed by atoms with E-state index in [1.807, 2.05) is 47.8 Å². The van der Waals surface area contributed by atoms with Crippen molar-refractivity contribution in [1.82, 2.24) is 15.2 Å². The van der Waals surface area contributed by atoms with Gasteiger partial charge < -0.3 is 0 Å². The molecule has 0 bridgehead atoms. The number of hydrogen-bond acceptors (Lipinski definition) is 4. The molecule has 4 nitrogen and oxygen atoms in total. The fraction of sp³-hybridized carbons (Fsp3) is 0.0556. The number of rotatable bonds is 3. The maximum Gasteiger partial charge on any atom is 0.272 e. The van der Waals surface area contributed by atoms with Crippen molar-refractivity contribution in [2.24, 2.45) is 0 Å². The molecule has 0 saturated heterocycles. The predicted molar refractivity (Wildman–Crippen MR) is 92.7 cm³/mol. The molecule has 0 amide bonds. The van der Waals surface area contributed by atoms with E-state index in [2.05, 4.69) is 22.3 Å². The van der Waals surface area contributed by atoms with Gasteiger partial charge in [-0.25, -0.2) is 10.1 Å². The summed E-state index contributed by atoms with van der Waals surface area (Å²) >= 11 is 1.62. The van der Waals surface area contributed by atoms with Crippen molar-refractivity contribution < 1.29 is 0 Å². The average molecular weight is 319 g/mol. The first-order valence-corrected chi connectivity index (χ1v) is 8.15. The van der Waals surface area contributed by atoms with E-state index in [0.717, 1.165) is 27.3 Å². The van der Waals surface area contributed by atoms with Crippen molar-refractivity contribution in [2.45, 2.75) is 6.42 Å². The van der Waals surface area contributed by atoms with Gasteiger partial charge in [0.2, 0.25) is 0 Å². The van der Waals surface area contributed by atoms with E-state index in [0.29, 0.717) is 11.8 Å². The summed E-state index contributed by atoms with van der Waals surface area (Å²) in [7, 11) is 0. The van der Waals surface area contributed by atoms with Crippen molar-refractivity contribution in [1.29, 1.82) is 0 Å². The van der Waals surface area contributed by atoms with Crippen LogP contribution in [-0.4, -0.2) is 15.2 Å². The Morgan fingerprint density at radius 2 is 1.70 bits per heavy atom. The van der Waals surface area contributed by atoms with Crippen LogP contribution in [0.4, 0.5) is 0 Å². The van der Waals surface area contributed by atoms with Crippen LogP contribution in [-0.2, 0) is 6.42 Å². The minimum atomic E-state index is -0.160. The molecule has 0 fully saturated rings. The zero-order valence-corrected chi connectivity index (χ0v) is 13.0. The molecule has 0 spiro atoms. The van der Waals surface area contributed by atoms with Gasteiger partial charge in [-0.1, -0.05) is 48.5 Å². The third kappa shape index (κ3) is 2.66. The maximum atomic E-state index is 11.8. The molecule has 0 radical (unpaired) electrons. The number of nitrogens with one attached hydrogen (secondary N) is 1. The second kappa shape index (κ2) is 5.78. The van der Waals surface area contributed by atoms with Crippen LogP contribution in [0.15, 0.2) is 64.8 Å². The molecule has 2 aromatic heterocycles. The van der Waals surface area contributed by atoms with Crippen LogP contribution < -0.4 is 5.56 Å². The Bertz CT molecular complexity index is 1020. The summed E-state index contributed by atoms with van der Waals surface area (Å²) in [6.45, 7) is 0. The van der Waals surface area contributed by atoms with E-state index in [-0.39, 0.29) is 5.56 Å². The molecule has 0 aliphatic heterocycles. The molecule has 4 rings (SSSR count). The Labute approximate surface area is 136 Å². The fourth-order valence-corrected chi connectivity index (χ4v) is 3.41. The van der Waals surface area contributed by atoms with Crippen molar-refractivity contribution >= 4 is 22.1 Å². The van der Waals surface area contributed by atoms with Gasteiger partial charge in [-0.3, -0.25) is 4.79 Å². The molecule has 0 unspecified atom stereocenters. The van der Waals surface area contributed by atoms with Gasteiger partial charge in [-0.15, -0.1) is 11.3 Å². The number of nitrogens with zero attached hydrogens (tertiary/aromatic N) is 2.